The van der Waals surface area contributed by atoms with Gasteiger partial charge in [-0.2, -0.15) is 0 Å². The van der Waals surface area contributed by atoms with Gasteiger partial charge in [0.15, 0.2) is 0 Å². The molecule has 0 unspecified atom stereocenters. The minimum absolute atomic E-state index is 0. The molecule has 4 nitrogen and oxygen atoms in total. The first-order valence-corrected chi connectivity index (χ1v) is 14.0. The molecule has 0 N–H and O–H groups in total. The predicted octanol–water partition coefficient (Wildman–Crippen LogP) is 4.26. The van der Waals surface area contributed by atoms with Crippen LogP contribution in [0.5, 0.6) is 0 Å². The normalized spacial score (nSPS) is 8.48. The van der Waals surface area contributed by atoms with Gasteiger partial charge in [0, 0.05) is 52.4 Å². The van der Waals surface area contributed by atoms with Gasteiger partial charge in [0.1, 0.15) is 0 Å². The van der Waals surface area contributed by atoms with Crippen molar-refractivity contribution in [2.45, 2.75) is 55.4 Å². The standard InChI is InChI=1S/4C5H11NS2.Pb/c4*1-3-6(4-2)5(7)8;/h4*3-4H2,1-2H3,(H,7,8);/q;;;;+4/p-4. The van der Waals surface area contributed by atoms with E-state index in [4.69, 9.17) is 99.4 Å². The van der Waals surface area contributed by atoms with Crippen LogP contribution in [0.3, 0.4) is 0 Å². The maximum absolute atomic E-state index is 4.76. The van der Waals surface area contributed by atoms with Crippen molar-refractivity contribution in [3.63, 3.8) is 0 Å². The van der Waals surface area contributed by atoms with E-state index in [1.54, 1.807) is 0 Å². The van der Waals surface area contributed by atoms with Crippen molar-refractivity contribution >= 4 is 144 Å². The van der Waals surface area contributed by atoms with E-state index in [0.29, 0.717) is 17.3 Å². The molecule has 0 bridgehead atoms. The fraction of sp³-hybridized carbons (Fsp3) is 0.800. The van der Waals surface area contributed by atoms with Gasteiger partial charge in [-0.25, -0.2) is 0 Å². The third-order valence-electron chi connectivity index (χ3n) is 4.09. The Kier molecular flexibility index (Phi) is 42.2. The summed E-state index contributed by atoms with van der Waals surface area (Å²) in [6.07, 6.45) is 0. The first kappa shape index (κ1) is 44.4. The van der Waals surface area contributed by atoms with Gasteiger partial charge >= 0.3 is 27.3 Å². The van der Waals surface area contributed by atoms with E-state index in [0.717, 1.165) is 52.4 Å². The van der Waals surface area contributed by atoms with Crippen molar-refractivity contribution in [3.05, 3.63) is 0 Å². The molecule has 0 saturated heterocycles. The van der Waals surface area contributed by atoms with Crippen LogP contribution in [0.15, 0.2) is 0 Å². The van der Waals surface area contributed by atoms with Crippen LogP contribution in [0.1, 0.15) is 55.4 Å². The van der Waals surface area contributed by atoms with Crippen LogP contribution in [-0.2, 0) is 50.5 Å². The molecule has 0 aliphatic heterocycles. The Morgan fingerprint density at radius 2 is 0.485 bits per heavy atom. The summed E-state index contributed by atoms with van der Waals surface area (Å²) in [5.41, 5.74) is 0. The van der Waals surface area contributed by atoms with E-state index >= 15 is 0 Å². The van der Waals surface area contributed by atoms with Crippen LogP contribution < -0.4 is 0 Å². The summed E-state index contributed by atoms with van der Waals surface area (Å²) in [6, 6.07) is 0. The van der Waals surface area contributed by atoms with E-state index in [2.05, 4.69) is 0 Å². The molecule has 13 heteroatoms. The molecule has 33 heavy (non-hydrogen) atoms. The molecule has 0 aromatic carbocycles. The van der Waals surface area contributed by atoms with Crippen molar-refractivity contribution in [1.82, 2.24) is 19.6 Å². The molecule has 0 aromatic heterocycles. The van der Waals surface area contributed by atoms with Crippen LogP contribution >= 0.6 is 48.9 Å². The fourth-order valence-corrected chi connectivity index (χ4v) is 3.99. The summed E-state index contributed by atoms with van der Waals surface area (Å²) in [7, 11) is 0. The van der Waals surface area contributed by atoms with E-state index < -0.39 is 0 Å². The van der Waals surface area contributed by atoms with Gasteiger partial charge in [-0.15, -0.1) is 0 Å². The van der Waals surface area contributed by atoms with Gasteiger partial charge in [-0.1, -0.05) is 17.3 Å². The molecule has 0 aromatic rings. The van der Waals surface area contributed by atoms with Crippen molar-refractivity contribution < 1.29 is 0 Å². The molecule has 0 atom stereocenters. The minimum Gasteiger partial charge on any atom is -0.411 e. The molecule has 0 rings (SSSR count). The Hall–Kier alpha value is 1.36. The number of nitrogens with zero attached hydrogens (tertiary/aromatic N) is 4. The third kappa shape index (κ3) is 29.5. The molecule has 0 aliphatic rings. The molecule has 0 saturated carbocycles. The maximum atomic E-state index is 4.76. The van der Waals surface area contributed by atoms with Crippen molar-refractivity contribution in [1.29, 1.82) is 0 Å². The summed E-state index contributed by atoms with van der Waals surface area (Å²) >= 11 is 38.0. The fourth-order valence-electron chi connectivity index (χ4n) is 1.93. The van der Waals surface area contributed by atoms with Gasteiger partial charge in [0.05, 0.1) is 0 Å². The molecule has 0 spiro atoms. The summed E-state index contributed by atoms with van der Waals surface area (Å²) in [5.74, 6) is 0. The predicted molar refractivity (Wildman–Crippen MR) is 177 cm³/mol. The zero-order chi connectivity index (χ0) is 26.3. The summed E-state index contributed by atoms with van der Waals surface area (Å²) < 4.78 is 2.31. The topological polar surface area (TPSA) is 13.0 Å². The van der Waals surface area contributed by atoms with Crippen molar-refractivity contribution in [2.75, 3.05) is 52.4 Å². The average molecular weight is 800 g/mol. The number of rotatable bonds is 8. The van der Waals surface area contributed by atoms with Crippen LogP contribution in [0.2, 0.25) is 0 Å². The van der Waals surface area contributed by atoms with E-state index in [9.17, 15) is 0 Å². The number of hydrogen-bond donors (Lipinski definition) is 0. The average Bonchev–Trinajstić information content (AvgIpc) is 2.72. The molecule has 0 fully saturated rings. The Morgan fingerprint density at radius 3 is 0.485 bits per heavy atom. The summed E-state index contributed by atoms with van der Waals surface area (Å²) in [6.45, 7) is 23.8. The zero-order valence-corrected chi connectivity index (χ0v) is 31.6. The Labute approximate surface area is 268 Å². The van der Waals surface area contributed by atoms with Gasteiger partial charge in [-0.3, -0.25) is 0 Å². The van der Waals surface area contributed by atoms with E-state index in [-0.39, 0.29) is 27.3 Å². The van der Waals surface area contributed by atoms with Crippen LogP contribution in [0.25, 0.3) is 0 Å². The van der Waals surface area contributed by atoms with E-state index in [1.807, 2.05) is 75.0 Å². The van der Waals surface area contributed by atoms with Crippen LogP contribution in [0.4, 0.5) is 0 Å². The molecule has 0 radical (unpaired) electrons. The monoisotopic (exact) mass is 800 g/mol. The Balaban J connectivity index is -0.000000105. The molecule has 0 amide bonds. The Morgan fingerprint density at radius 1 is 0.394 bits per heavy atom. The molecule has 0 heterocycles. The first-order chi connectivity index (χ1) is 14.9. The van der Waals surface area contributed by atoms with Crippen LogP contribution in [-0.4, -0.2) is 117 Å². The maximum Gasteiger partial charge on any atom is 4.00 e. The third-order valence-corrected chi connectivity index (χ3v) is 6.15. The largest absolute Gasteiger partial charge is 4.00 e. The van der Waals surface area contributed by atoms with Gasteiger partial charge in [0.2, 0.25) is 0 Å². The second kappa shape index (κ2) is 31.4. The van der Waals surface area contributed by atoms with Gasteiger partial charge < -0.3 is 119 Å². The molecular formula is C20H40N4PbS8. The quantitative estimate of drug-likeness (QED) is 0.198. The molecule has 0 aliphatic carbocycles. The second-order valence-corrected chi connectivity index (χ2v) is 9.88. The summed E-state index contributed by atoms with van der Waals surface area (Å²) in [5, 5.41) is 0. The van der Waals surface area contributed by atoms with Crippen molar-refractivity contribution in [3.8, 4) is 0 Å². The number of thiocarbonyl (C=S) groups is 4. The second-order valence-electron chi connectivity index (χ2n) is 5.75. The first-order valence-electron chi connectivity index (χ1n) is 10.7. The SMILES string of the molecule is CCN(CC)C(=S)[S-].CCN(CC)C(=S)[S-].CCN(CC)C(=S)[S-].CCN(CC)C(=S)[S-].[Pb+4]. The minimum atomic E-state index is 0. The zero-order valence-electron chi connectivity index (χ0n) is 21.2. The Bertz CT molecular complexity index is 408. The number of hydrogen-bond acceptors (Lipinski definition) is 8. The van der Waals surface area contributed by atoms with Gasteiger partial charge in [-0.05, 0) is 55.4 Å². The molecule has 192 valence electrons. The van der Waals surface area contributed by atoms with Gasteiger partial charge in [0.25, 0.3) is 0 Å². The molecular weight excluding hydrogens is 760 g/mol. The summed E-state index contributed by atoms with van der Waals surface area (Å²) in [4.78, 5) is 7.85. The van der Waals surface area contributed by atoms with E-state index in [1.165, 1.54) is 0 Å². The van der Waals surface area contributed by atoms with Crippen LogP contribution in [0, 0.1) is 0 Å². The van der Waals surface area contributed by atoms with Crippen molar-refractivity contribution in [2.24, 2.45) is 0 Å². The smallest absolute Gasteiger partial charge is 0.411 e.